The topological polar surface area (TPSA) is 63.5 Å². The van der Waals surface area contributed by atoms with Crippen molar-refractivity contribution < 1.29 is 9.53 Å². The van der Waals surface area contributed by atoms with Crippen LogP contribution in [0.2, 0.25) is 0 Å². The van der Waals surface area contributed by atoms with E-state index in [4.69, 9.17) is 9.84 Å². The molecule has 0 saturated carbocycles. The van der Waals surface area contributed by atoms with Gasteiger partial charge in [0.2, 0.25) is 0 Å². The molecule has 162 valence electrons. The van der Waals surface area contributed by atoms with Crippen molar-refractivity contribution in [3.63, 3.8) is 0 Å². The molecule has 1 amide bonds. The van der Waals surface area contributed by atoms with Crippen LogP contribution in [-0.4, -0.2) is 69.4 Å². The lowest BCUT2D eigenvalue weighted by Gasteiger charge is -2.34. The number of carbonyl (C=O) groups excluding carboxylic acids is 1. The fraction of sp³-hybridized carbons (Fsp3) is 0.609. The van der Waals surface area contributed by atoms with Crippen LogP contribution >= 0.6 is 0 Å². The van der Waals surface area contributed by atoms with E-state index in [1.807, 2.05) is 17.3 Å². The molecule has 2 aliphatic rings. The molecule has 1 unspecified atom stereocenters. The van der Waals surface area contributed by atoms with Crippen molar-refractivity contribution in [1.29, 1.82) is 0 Å². The number of amides is 1. The highest BCUT2D eigenvalue weighted by Gasteiger charge is 2.33. The van der Waals surface area contributed by atoms with E-state index >= 15 is 0 Å². The van der Waals surface area contributed by atoms with E-state index in [1.165, 1.54) is 16.8 Å². The lowest BCUT2D eigenvalue weighted by molar-refractivity contribution is 0.0297. The van der Waals surface area contributed by atoms with Gasteiger partial charge in [-0.15, -0.1) is 0 Å². The molecular weight excluding hydrogens is 378 g/mol. The van der Waals surface area contributed by atoms with Crippen molar-refractivity contribution in [2.24, 2.45) is 0 Å². The molecule has 0 N–H and O–H groups in total. The lowest BCUT2D eigenvalue weighted by atomic mass is 9.89. The van der Waals surface area contributed by atoms with E-state index in [9.17, 15) is 4.79 Å². The summed E-state index contributed by atoms with van der Waals surface area (Å²) in [5.74, 6) is 0.0715. The molecule has 0 aromatic carbocycles. The monoisotopic (exact) mass is 411 g/mol. The Kier molecular flexibility index (Phi) is 6.79. The summed E-state index contributed by atoms with van der Waals surface area (Å²) in [7, 11) is 0. The number of morpholine rings is 1. The van der Waals surface area contributed by atoms with Gasteiger partial charge in [0.1, 0.15) is 0 Å². The number of hydrogen-bond acceptors (Lipinski definition) is 5. The summed E-state index contributed by atoms with van der Waals surface area (Å²) < 4.78 is 7.53. The molecule has 2 aromatic heterocycles. The van der Waals surface area contributed by atoms with Gasteiger partial charge in [-0.2, -0.15) is 5.10 Å². The van der Waals surface area contributed by atoms with Gasteiger partial charge >= 0.3 is 0 Å². The molecule has 1 atom stereocenters. The van der Waals surface area contributed by atoms with E-state index in [0.717, 1.165) is 45.3 Å². The number of rotatable bonds is 7. The second-order valence-electron chi connectivity index (χ2n) is 8.22. The maximum Gasteiger partial charge on any atom is 0.274 e. The minimum atomic E-state index is 0.0715. The second-order valence-corrected chi connectivity index (χ2v) is 8.22. The van der Waals surface area contributed by atoms with Gasteiger partial charge in [0, 0.05) is 55.9 Å². The minimum Gasteiger partial charge on any atom is -0.378 e. The summed E-state index contributed by atoms with van der Waals surface area (Å²) in [6.45, 7) is 9.68. The van der Waals surface area contributed by atoms with Crippen LogP contribution in [0.5, 0.6) is 0 Å². The lowest BCUT2D eigenvalue weighted by Crippen LogP contribution is -2.42. The van der Waals surface area contributed by atoms with E-state index in [1.54, 1.807) is 0 Å². The van der Waals surface area contributed by atoms with E-state index in [0.29, 0.717) is 38.0 Å². The molecule has 1 aliphatic carbocycles. The Labute approximate surface area is 179 Å². The SMILES string of the molecule is CCCn1nc(C(=O)N2CCOCC2)c2c1CCC(N(CC)Cc1ccncc1)C2. The third-order valence-electron chi connectivity index (χ3n) is 6.31. The number of fused-ring (bicyclic) bond motifs is 1. The first kappa shape index (κ1) is 21.0. The summed E-state index contributed by atoms with van der Waals surface area (Å²) in [6, 6.07) is 4.60. The number of ether oxygens (including phenoxy) is 1. The van der Waals surface area contributed by atoms with Crippen LogP contribution in [-0.2, 0) is 30.7 Å². The fourth-order valence-corrected chi connectivity index (χ4v) is 4.69. The van der Waals surface area contributed by atoms with Crippen LogP contribution in [0.1, 0.15) is 54.0 Å². The molecule has 2 aromatic rings. The Hall–Kier alpha value is -2.25. The Morgan fingerprint density at radius 2 is 2.00 bits per heavy atom. The highest BCUT2D eigenvalue weighted by molar-refractivity contribution is 5.94. The van der Waals surface area contributed by atoms with Crippen LogP contribution in [0.4, 0.5) is 0 Å². The first-order valence-electron chi connectivity index (χ1n) is 11.3. The van der Waals surface area contributed by atoms with Gasteiger partial charge in [0.25, 0.3) is 5.91 Å². The molecule has 30 heavy (non-hydrogen) atoms. The summed E-state index contributed by atoms with van der Waals surface area (Å²) in [6.07, 6.45) is 7.71. The largest absolute Gasteiger partial charge is 0.378 e. The second kappa shape index (κ2) is 9.71. The van der Waals surface area contributed by atoms with Gasteiger partial charge in [-0.1, -0.05) is 13.8 Å². The standard InChI is InChI=1S/C23H33N5O2/c1-3-11-28-21-6-5-19(26(4-2)17-18-7-9-24-10-8-18)16-20(21)22(25-28)23(29)27-12-14-30-15-13-27/h7-10,19H,3-6,11-17H2,1-2H3. The third kappa shape index (κ3) is 4.42. The number of hydrogen-bond donors (Lipinski definition) is 0. The first-order chi connectivity index (χ1) is 14.7. The van der Waals surface area contributed by atoms with E-state index in [-0.39, 0.29) is 5.91 Å². The smallest absolute Gasteiger partial charge is 0.274 e. The van der Waals surface area contributed by atoms with Crippen LogP contribution in [0.15, 0.2) is 24.5 Å². The molecule has 0 spiro atoms. The molecule has 0 radical (unpaired) electrons. The predicted molar refractivity (Wildman–Crippen MR) is 115 cm³/mol. The molecule has 7 nitrogen and oxygen atoms in total. The van der Waals surface area contributed by atoms with Gasteiger partial charge in [-0.3, -0.25) is 19.4 Å². The molecular formula is C23H33N5O2. The van der Waals surface area contributed by atoms with Crippen molar-refractivity contribution in [2.45, 2.75) is 58.7 Å². The minimum absolute atomic E-state index is 0.0715. The van der Waals surface area contributed by atoms with Crippen molar-refractivity contribution >= 4 is 5.91 Å². The Morgan fingerprint density at radius 3 is 2.70 bits per heavy atom. The van der Waals surface area contributed by atoms with Crippen LogP contribution in [0.25, 0.3) is 0 Å². The Bertz CT molecular complexity index is 845. The zero-order valence-electron chi connectivity index (χ0n) is 18.2. The maximum absolute atomic E-state index is 13.3. The highest BCUT2D eigenvalue weighted by Crippen LogP contribution is 2.29. The van der Waals surface area contributed by atoms with Crippen LogP contribution in [0.3, 0.4) is 0 Å². The molecule has 3 heterocycles. The van der Waals surface area contributed by atoms with Crippen molar-refractivity contribution in [1.82, 2.24) is 24.6 Å². The van der Waals surface area contributed by atoms with Gasteiger partial charge < -0.3 is 9.64 Å². The number of pyridine rings is 1. The average molecular weight is 412 g/mol. The summed E-state index contributed by atoms with van der Waals surface area (Å²) in [4.78, 5) is 21.9. The fourth-order valence-electron chi connectivity index (χ4n) is 4.69. The maximum atomic E-state index is 13.3. The zero-order chi connectivity index (χ0) is 20.9. The molecule has 7 heteroatoms. The van der Waals surface area contributed by atoms with Crippen LogP contribution < -0.4 is 0 Å². The normalized spacial score (nSPS) is 19.2. The molecule has 4 rings (SSSR count). The Morgan fingerprint density at radius 1 is 1.23 bits per heavy atom. The molecule has 1 saturated heterocycles. The van der Waals surface area contributed by atoms with Crippen LogP contribution in [0, 0.1) is 0 Å². The first-order valence-corrected chi connectivity index (χ1v) is 11.3. The van der Waals surface area contributed by atoms with Gasteiger partial charge in [0.05, 0.1) is 13.2 Å². The van der Waals surface area contributed by atoms with E-state index in [2.05, 4.69) is 40.5 Å². The van der Waals surface area contributed by atoms with Crippen molar-refractivity contribution in [2.75, 3.05) is 32.8 Å². The number of carbonyl (C=O) groups is 1. The van der Waals surface area contributed by atoms with Gasteiger partial charge in [-0.05, 0) is 49.9 Å². The predicted octanol–water partition coefficient (Wildman–Crippen LogP) is 2.54. The molecule has 1 fully saturated rings. The number of likely N-dealkylation sites (N-methyl/N-ethyl adjacent to an activating group) is 1. The van der Waals surface area contributed by atoms with Gasteiger partial charge in [0.15, 0.2) is 5.69 Å². The highest BCUT2D eigenvalue weighted by atomic mass is 16.5. The quantitative estimate of drug-likeness (QED) is 0.701. The molecule has 0 bridgehead atoms. The van der Waals surface area contributed by atoms with E-state index < -0.39 is 0 Å². The van der Waals surface area contributed by atoms with Gasteiger partial charge in [-0.25, -0.2) is 0 Å². The summed E-state index contributed by atoms with van der Waals surface area (Å²) in [5.41, 5.74) is 4.39. The number of nitrogens with zero attached hydrogens (tertiary/aromatic N) is 5. The number of aromatic nitrogens is 3. The third-order valence-corrected chi connectivity index (χ3v) is 6.31. The Balaban J connectivity index is 1.58. The average Bonchev–Trinajstić information content (AvgIpc) is 3.16. The molecule has 1 aliphatic heterocycles. The summed E-state index contributed by atoms with van der Waals surface area (Å²) >= 11 is 0. The van der Waals surface area contributed by atoms with Crippen molar-refractivity contribution in [3.05, 3.63) is 47.0 Å². The number of aryl methyl sites for hydroxylation is 1. The van der Waals surface area contributed by atoms with Crippen molar-refractivity contribution in [3.8, 4) is 0 Å². The zero-order valence-corrected chi connectivity index (χ0v) is 18.2. The summed E-state index contributed by atoms with van der Waals surface area (Å²) in [5, 5.41) is 4.82.